The number of urea groups is 1. The summed E-state index contributed by atoms with van der Waals surface area (Å²) in [5, 5.41) is 2.51. The van der Waals surface area contributed by atoms with Gasteiger partial charge in [0, 0.05) is 0 Å². The molecule has 1 heterocycles. The maximum absolute atomic E-state index is 11.4. The molecule has 1 unspecified atom stereocenters. The van der Waals surface area contributed by atoms with Crippen molar-refractivity contribution < 1.29 is 9.59 Å². The van der Waals surface area contributed by atoms with Crippen LogP contribution in [0.5, 0.6) is 0 Å². The molecular formula is C11H12N2O2. The second kappa shape index (κ2) is 3.73. The second-order valence-corrected chi connectivity index (χ2v) is 3.51. The van der Waals surface area contributed by atoms with Gasteiger partial charge in [-0.05, 0) is 12.5 Å². The molecule has 1 aliphatic heterocycles. The predicted octanol–water partition coefficient (Wildman–Crippen LogP) is 1.30. The van der Waals surface area contributed by atoms with Crippen molar-refractivity contribution in [1.29, 1.82) is 0 Å². The Kier molecular flexibility index (Phi) is 2.41. The van der Waals surface area contributed by atoms with Gasteiger partial charge in [0.15, 0.2) is 0 Å². The van der Waals surface area contributed by atoms with E-state index in [2.05, 4.69) is 5.32 Å². The highest BCUT2D eigenvalue weighted by Gasteiger charge is 2.33. The molecule has 2 rings (SSSR count). The van der Waals surface area contributed by atoms with Gasteiger partial charge in [-0.25, -0.2) is 4.79 Å². The predicted molar refractivity (Wildman–Crippen MR) is 55.1 cm³/mol. The first-order valence-corrected chi connectivity index (χ1v) is 4.85. The van der Waals surface area contributed by atoms with E-state index in [1.807, 2.05) is 37.3 Å². The van der Waals surface area contributed by atoms with E-state index < -0.39 is 0 Å². The highest BCUT2D eigenvalue weighted by atomic mass is 16.2. The van der Waals surface area contributed by atoms with Crippen LogP contribution in [0.15, 0.2) is 30.3 Å². The highest BCUT2D eigenvalue weighted by molar-refractivity contribution is 6.02. The Morgan fingerprint density at radius 3 is 2.47 bits per heavy atom. The molecule has 0 aromatic heterocycles. The van der Waals surface area contributed by atoms with Crippen LogP contribution >= 0.6 is 0 Å². The minimum absolute atomic E-state index is 0.107. The van der Waals surface area contributed by atoms with Crippen molar-refractivity contribution in [3.05, 3.63) is 35.9 Å². The number of imide groups is 1. The molecule has 1 aliphatic rings. The number of nitrogens with one attached hydrogen (secondary N) is 1. The topological polar surface area (TPSA) is 49.4 Å². The van der Waals surface area contributed by atoms with Crippen molar-refractivity contribution in [2.45, 2.75) is 13.0 Å². The minimum Gasteiger partial charge on any atom is -0.329 e. The van der Waals surface area contributed by atoms with Crippen LogP contribution in [0, 0.1) is 0 Å². The molecule has 1 atom stereocenters. The fraction of sp³-hybridized carbons (Fsp3) is 0.273. The quantitative estimate of drug-likeness (QED) is 0.738. The van der Waals surface area contributed by atoms with Gasteiger partial charge in [0.1, 0.15) is 0 Å². The summed E-state index contributed by atoms with van der Waals surface area (Å²) < 4.78 is 0. The molecule has 1 aromatic rings. The fourth-order valence-electron chi connectivity index (χ4n) is 1.71. The molecule has 1 fully saturated rings. The van der Waals surface area contributed by atoms with Crippen molar-refractivity contribution in [1.82, 2.24) is 10.2 Å². The third kappa shape index (κ3) is 1.70. The summed E-state index contributed by atoms with van der Waals surface area (Å²) >= 11 is 0. The Morgan fingerprint density at radius 1 is 1.27 bits per heavy atom. The van der Waals surface area contributed by atoms with Crippen LogP contribution in [0.25, 0.3) is 0 Å². The summed E-state index contributed by atoms with van der Waals surface area (Å²) in [6, 6.07) is 8.99. The van der Waals surface area contributed by atoms with Crippen molar-refractivity contribution in [3.63, 3.8) is 0 Å². The number of hydrogen-bond acceptors (Lipinski definition) is 2. The largest absolute Gasteiger partial charge is 0.329 e. The van der Waals surface area contributed by atoms with Crippen LogP contribution in [0.4, 0.5) is 4.79 Å². The van der Waals surface area contributed by atoms with Gasteiger partial charge in [0.05, 0.1) is 12.6 Å². The summed E-state index contributed by atoms with van der Waals surface area (Å²) in [5.41, 5.74) is 0.961. The smallest absolute Gasteiger partial charge is 0.325 e. The van der Waals surface area contributed by atoms with Gasteiger partial charge in [-0.15, -0.1) is 0 Å². The van der Waals surface area contributed by atoms with Crippen LogP contribution in [0.2, 0.25) is 0 Å². The third-order valence-corrected chi connectivity index (χ3v) is 2.55. The maximum Gasteiger partial charge on any atom is 0.325 e. The molecule has 4 heteroatoms. The molecule has 0 bridgehead atoms. The first-order chi connectivity index (χ1) is 7.20. The van der Waals surface area contributed by atoms with Crippen molar-refractivity contribution in [2.24, 2.45) is 0 Å². The first-order valence-electron chi connectivity index (χ1n) is 4.85. The van der Waals surface area contributed by atoms with Crippen molar-refractivity contribution >= 4 is 11.9 Å². The van der Waals surface area contributed by atoms with Gasteiger partial charge in [-0.1, -0.05) is 30.3 Å². The zero-order valence-electron chi connectivity index (χ0n) is 8.43. The van der Waals surface area contributed by atoms with Crippen LogP contribution in [0.1, 0.15) is 18.5 Å². The van der Waals surface area contributed by atoms with E-state index in [1.165, 1.54) is 4.90 Å². The number of carbonyl (C=O) groups is 2. The van der Waals surface area contributed by atoms with Gasteiger partial charge in [0.2, 0.25) is 0 Å². The maximum atomic E-state index is 11.4. The lowest BCUT2D eigenvalue weighted by molar-refractivity contribution is -0.126. The molecule has 0 saturated carbocycles. The zero-order valence-corrected chi connectivity index (χ0v) is 8.43. The second-order valence-electron chi connectivity index (χ2n) is 3.51. The van der Waals surface area contributed by atoms with Gasteiger partial charge >= 0.3 is 6.03 Å². The molecule has 15 heavy (non-hydrogen) atoms. The van der Waals surface area contributed by atoms with Crippen molar-refractivity contribution in [3.8, 4) is 0 Å². The SMILES string of the molecule is CC(c1ccccc1)N1C(=O)CNC1=O. The number of benzene rings is 1. The average Bonchev–Trinajstić information content (AvgIpc) is 2.59. The molecule has 1 N–H and O–H groups in total. The summed E-state index contributed by atoms with van der Waals surface area (Å²) in [6.07, 6.45) is 0. The summed E-state index contributed by atoms with van der Waals surface area (Å²) in [5.74, 6) is -0.170. The van der Waals surface area contributed by atoms with Crippen LogP contribution < -0.4 is 5.32 Å². The summed E-state index contributed by atoms with van der Waals surface area (Å²) in [6.45, 7) is 1.95. The molecule has 4 nitrogen and oxygen atoms in total. The molecule has 0 radical (unpaired) electrons. The number of carbonyl (C=O) groups excluding carboxylic acids is 2. The molecule has 1 saturated heterocycles. The highest BCUT2D eigenvalue weighted by Crippen LogP contribution is 2.21. The van der Waals surface area contributed by atoms with Gasteiger partial charge < -0.3 is 5.32 Å². The Balaban J connectivity index is 2.24. The van der Waals surface area contributed by atoms with E-state index in [0.29, 0.717) is 0 Å². The lowest BCUT2D eigenvalue weighted by Gasteiger charge is -2.21. The van der Waals surface area contributed by atoms with E-state index in [1.54, 1.807) is 0 Å². The van der Waals surface area contributed by atoms with E-state index >= 15 is 0 Å². The number of nitrogens with zero attached hydrogens (tertiary/aromatic N) is 1. The molecular weight excluding hydrogens is 192 g/mol. The van der Waals surface area contributed by atoms with Crippen molar-refractivity contribution in [2.75, 3.05) is 6.54 Å². The lowest BCUT2D eigenvalue weighted by atomic mass is 10.1. The molecule has 0 spiro atoms. The van der Waals surface area contributed by atoms with E-state index in [4.69, 9.17) is 0 Å². The Hall–Kier alpha value is -1.84. The lowest BCUT2D eigenvalue weighted by Crippen LogP contribution is -2.33. The number of amides is 3. The monoisotopic (exact) mass is 204 g/mol. The van der Waals surface area contributed by atoms with Gasteiger partial charge in [0.25, 0.3) is 5.91 Å². The van der Waals surface area contributed by atoms with Gasteiger partial charge in [-0.3, -0.25) is 9.69 Å². The van der Waals surface area contributed by atoms with Crippen LogP contribution in [-0.2, 0) is 4.79 Å². The Morgan fingerprint density at radius 2 is 1.93 bits per heavy atom. The number of hydrogen-bond donors (Lipinski definition) is 1. The minimum atomic E-state index is -0.309. The Labute approximate surface area is 87.9 Å². The molecule has 0 aliphatic carbocycles. The van der Waals surface area contributed by atoms with Crippen LogP contribution in [0.3, 0.4) is 0 Å². The van der Waals surface area contributed by atoms with E-state index in [0.717, 1.165) is 5.56 Å². The molecule has 3 amide bonds. The summed E-state index contributed by atoms with van der Waals surface area (Å²) in [4.78, 5) is 24.1. The normalized spacial score (nSPS) is 17.8. The fourth-order valence-corrected chi connectivity index (χ4v) is 1.71. The molecule has 1 aromatic carbocycles. The molecule has 78 valence electrons. The van der Waals surface area contributed by atoms with Gasteiger partial charge in [-0.2, -0.15) is 0 Å². The summed E-state index contributed by atoms with van der Waals surface area (Å²) in [7, 11) is 0. The third-order valence-electron chi connectivity index (χ3n) is 2.55. The standard InChI is InChI=1S/C11H12N2O2/c1-8(9-5-3-2-4-6-9)13-10(14)7-12-11(13)15/h2-6,8H,7H2,1H3,(H,12,15). The first kappa shape index (κ1) is 9.71. The zero-order chi connectivity index (χ0) is 10.8. The average molecular weight is 204 g/mol. The van der Waals surface area contributed by atoms with Crippen LogP contribution in [-0.4, -0.2) is 23.4 Å². The van der Waals surface area contributed by atoms with E-state index in [-0.39, 0.29) is 24.5 Å². The van der Waals surface area contributed by atoms with E-state index in [9.17, 15) is 9.59 Å². The Bertz CT molecular complexity index is 373. The number of rotatable bonds is 2.